The van der Waals surface area contributed by atoms with E-state index in [2.05, 4.69) is 5.10 Å². The van der Waals surface area contributed by atoms with E-state index in [1.807, 2.05) is 14.0 Å². The van der Waals surface area contributed by atoms with Crippen LogP contribution in [0.5, 0.6) is 0 Å². The quantitative estimate of drug-likeness (QED) is 0.920. The number of hydrogen-bond donors (Lipinski definition) is 1. The van der Waals surface area contributed by atoms with Crippen molar-refractivity contribution in [3.8, 4) is 0 Å². The normalized spacial score (nSPS) is 12.9. The molecule has 1 aromatic rings. The molecule has 0 bridgehead atoms. The number of nitrogens with zero attached hydrogens (tertiary/aromatic N) is 3. The smallest absolute Gasteiger partial charge is 0.246 e. The Morgan fingerprint density at radius 3 is 2.50 bits per heavy atom. The van der Waals surface area contributed by atoms with Gasteiger partial charge in [-0.15, -0.1) is 24.8 Å². The van der Waals surface area contributed by atoms with Crippen molar-refractivity contribution in [3.63, 3.8) is 0 Å². The Morgan fingerprint density at radius 1 is 1.56 bits per heavy atom. The molecule has 0 aromatic carbocycles. The highest BCUT2D eigenvalue weighted by Gasteiger charge is 2.31. The van der Waals surface area contributed by atoms with Gasteiger partial charge in [-0.25, -0.2) is 0 Å². The first-order valence-corrected chi connectivity index (χ1v) is 5.44. The average molecular weight is 297 g/mol. The summed E-state index contributed by atoms with van der Waals surface area (Å²) >= 11 is 0. The van der Waals surface area contributed by atoms with Crippen LogP contribution < -0.4 is 10.6 Å². The zero-order valence-electron chi connectivity index (χ0n) is 11.2. The van der Waals surface area contributed by atoms with Gasteiger partial charge in [0.25, 0.3) is 0 Å². The third-order valence-corrected chi connectivity index (χ3v) is 2.64. The number of carbonyl (C=O) groups excluding carboxylic acids is 1. The van der Waals surface area contributed by atoms with Gasteiger partial charge in [-0.1, -0.05) is 13.3 Å². The van der Waals surface area contributed by atoms with Crippen LogP contribution >= 0.6 is 24.8 Å². The second-order valence-electron chi connectivity index (χ2n) is 4.40. The molecule has 0 saturated heterocycles. The number of hydrogen-bond acceptors (Lipinski definition) is 3. The van der Waals surface area contributed by atoms with Crippen LogP contribution in [-0.4, -0.2) is 28.3 Å². The highest BCUT2D eigenvalue weighted by atomic mass is 35.5. The number of aromatic nitrogens is 2. The fourth-order valence-corrected chi connectivity index (χ4v) is 1.71. The van der Waals surface area contributed by atoms with E-state index in [0.717, 1.165) is 12.1 Å². The van der Waals surface area contributed by atoms with Crippen molar-refractivity contribution in [2.24, 2.45) is 12.8 Å². The fourth-order valence-electron chi connectivity index (χ4n) is 1.71. The lowest BCUT2D eigenvalue weighted by atomic mass is 9.96. The van der Waals surface area contributed by atoms with E-state index >= 15 is 0 Å². The molecule has 18 heavy (non-hydrogen) atoms. The molecule has 0 fully saturated rings. The lowest BCUT2D eigenvalue weighted by Crippen LogP contribution is -2.52. The van der Waals surface area contributed by atoms with Crippen LogP contribution in [0.1, 0.15) is 26.7 Å². The van der Waals surface area contributed by atoms with Crippen LogP contribution in [0.25, 0.3) is 0 Å². The van der Waals surface area contributed by atoms with E-state index in [9.17, 15) is 4.79 Å². The summed E-state index contributed by atoms with van der Waals surface area (Å²) in [5, 5.41) is 4.03. The molecule has 5 nitrogen and oxygen atoms in total. The summed E-state index contributed by atoms with van der Waals surface area (Å²) in [6, 6.07) is 0. The van der Waals surface area contributed by atoms with Crippen molar-refractivity contribution in [1.29, 1.82) is 0 Å². The van der Waals surface area contributed by atoms with Crippen molar-refractivity contribution in [3.05, 3.63) is 12.4 Å². The molecule has 0 spiro atoms. The summed E-state index contributed by atoms with van der Waals surface area (Å²) in [6.45, 7) is 3.79. The average Bonchev–Trinajstić information content (AvgIpc) is 2.62. The molecular weight excluding hydrogens is 275 g/mol. The van der Waals surface area contributed by atoms with Gasteiger partial charge in [-0.05, 0) is 13.3 Å². The number of anilines is 1. The van der Waals surface area contributed by atoms with Gasteiger partial charge in [0.2, 0.25) is 5.91 Å². The molecule has 1 amide bonds. The van der Waals surface area contributed by atoms with Crippen LogP contribution in [0.15, 0.2) is 12.4 Å². The van der Waals surface area contributed by atoms with Crippen LogP contribution in [0, 0.1) is 0 Å². The lowest BCUT2D eigenvalue weighted by Gasteiger charge is -2.28. The maximum absolute atomic E-state index is 12.1. The first kappa shape index (κ1) is 19.6. The number of aryl methyl sites for hydroxylation is 1. The third-order valence-electron chi connectivity index (χ3n) is 2.64. The van der Waals surface area contributed by atoms with Gasteiger partial charge in [-0.3, -0.25) is 9.48 Å². The summed E-state index contributed by atoms with van der Waals surface area (Å²) in [5.41, 5.74) is 5.96. The zero-order chi connectivity index (χ0) is 12.3. The second kappa shape index (κ2) is 7.61. The monoisotopic (exact) mass is 296 g/mol. The molecule has 106 valence electrons. The van der Waals surface area contributed by atoms with Gasteiger partial charge in [0, 0.05) is 20.3 Å². The van der Waals surface area contributed by atoms with Crippen molar-refractivity contribution in [2.45, 2.75) is 32.2 Å². The summed E-state index contributed by atoms with van der Waals surface area (Å²) in [7, 11) is 3.54. The predicted molar refractivity (Wildman–Crippen MR) is 78.6 cm³/mol. The fraction of sp³-hybridized carbons (Fsp3) is 0.636. The number of amides is 1. The van der Waals surface area contributed by atoms with E-state index in [0.29, 0.717) is 6.42 Å². The van der Waals surface area contributed by atoms with Crippen LogP contribution in [0.2, 0.25) is 0 Å². The van der Waals surface area contributed by atoms with Gasteiger partial charge in [-0.2, -0.15) is 5.10 Å². The Bertz CT molecular complexity index is 379. The number of halogens is 2. The number of likely N-dealkylation sites (N-methyl/N-ethyl adjacent to an activating group) is 1. The van der Waals surface area contributed by atoms with E-state index < -0.39 is 5.54 Å². The Kier molecular flexibility index (Phi) is 8.27. The van der Waals surface area contributed by atoms with Gasteiger partial charge in [0.05, 0.1) is 17.4 Å². The van der Waals surface area contributed by atoms with Gasteiger partial charge >= 0.3 is 0 Å². The number of rotatable bonds is 4. The Morgan fingerprint density at radius 2 is 2.11 bits per heavy atom. The minimum atomic E-state index is -0.806. The lowest BCUT2D eigenvalue weighted by molar-refractivity contribution is -0.123. The summed E-state index contributed by atoms with van der Waals surface area (Å²) < 4.78 is 1.66. The van der Waals surface area contributed by atoms with E-state index in [-0.39, 0.29) is 30.7 Å². The molecule has 1 rings (SSSR count). The van der Waals surface area contributed by atoms with Crippen molar-refractivity contribution in [2.75, 3.05) is 11.9 Å². The van der Waals surface area contributed by atoms with E-state index in [1.165, 1.54) is 0 Å². The van der Waals surface area contributed by atoms with E-state index in [4.69, 9.17) is 5.73 Å². The van der Waals surface area contributed by atoms with Crippen LogP contribution in [-0.2, 0) is 11.8 Å². The topological polar surface area (TPSA) is 64.2 Å². The Labute approximate surface area is 121 Å². The summed E-state index contributed by atoms with van der Waals surface area (Å²) in [6.07, 6.45) is 5.01. The Hall–Kier alpha value is -0.780. The molecule has 2 N–H and O–H groups in total. The molecular formula is C11H22Cl2N4O. The summed E-state index contributed by atoms with van der Waals surface area (Å²) in [4.78, 5) is 13.7. The third kappa shape index (κ3) is 4.48. The van der Waals surface area contributed by atoms with Crippen molar-refractivity contribution in [1.82, 2.24) is 9.78 Å². The molecule has 7 heteroatoms. The zero-order valence-corrected chi connectivity index (χ0v) is 12.8. The molecule has 0 aliphatic heterocycles. The maximum atomic E-state index is 12.1. The first-order chi connectivity index (χ1) is 7.38. The maximum Gasteiger partial charge on any atom is 0.246 e. The van der Waals surface area contributed by atoms with Gasteiger partial charge in [0.15, 0.2) is 0 Å². The largest absolute Gasteiger partial charge is 0.318 e. The van der Waals surface area contributed by atoms with Crippen molar-refractivity contribution < 1.29 is 4.79 Å². The SMILES string of the molecule is CCCC(C)(N)C(=O)N(C)c1cnn(C)c1.Cl.Cl. The van der Waals surface area contributed by atoms with Gasteiger partial charge < -0.3 is 10.6 Å². The minimum Gasteiger partial charge on any atom is -0.318 e. The first-order valence-electron chi connectivity index (χ1n) is 5.44. The highest BCUT2D eigenvalue weighted by molar-refractivity contribution is 5.99. The van der Waals surface area contributed by atoms with Crippen molar-refractivity contribution >= 4 is 36.4 Å². The van der Waals surface area contributed by atoms with Crippen LogP contribution in [0.4, 0.5) is 5.69 Å². The highest BCUT2D eigenvalue weighted by Crippen LogP contribution is 2.17. The molecule has 0 saturated carbocycles. The second-order valence-corrected chi connectivity index (χ2v) is 4.40. The Balaban J connectivity index is 0. The van der Waals surface area contributed by atoms with Crippen LogP contribution in [0.3, 0.4) is 0 Å². The predicted octanol–water partition coefficient (Wildman–Crippen LogP) is 1.74. The molecule has 1 atom stereocenters. The molecule has 0 radical (unpaired) electrons. The van der Waals surface area contributed by atoms with E-state index in [1.54, 1.807) is 35.9 Å². The molecule has 1 heterocycles. The molecule has 0 aliphatic carbocycles. The standard InChI is InChI=1S/C11H20N4O.2ClH/c1-5-6-11(2,12)10(16)15(4)9-7-13-14(3)8-9;;/h7-8H,5-6,12H2,1-4H3;2*1H. The number of carbonyl (C=O) groups is 1. The number of nitrogens with two attached hydrogens (primary N) is 1. The molecule has 0 aliphatic rings. The van der Waals surface area contributed by atoms with Gasteiger partial charge in [0.1, 0.15) is 0 Å². The summed E-state index contributed by atoms with van der Waals surface area (Å²) in [5.74, 6) is -0.0812. The minimum absolute atomic E-state index is 0. The molecule has 1 unspecified atom stereocenters. The molecule has 1 aromatic heterocycles.